The maximum absolute atomic E-state index is 12.1. The van der Waals surface area contributed by atoms with Crippen molar-refractivity contribution in [3.05, 3.63) is 29.8 Å². The third-order valence-electron chi connectivity index (χ3n) is 2.44. The van der Waals surface area contributed by atoms with Gasteiger partial charge in [-0.15, -0.1) is 13.2 Å². The van der Waals surface area contributed by atoms with Gasteiger partial charge in [0.1, 0.15) is 5.75 Å². The van der Waals surface area contributed by atoms with E-state index in [-0.39, 0.29) is 18.8 Å². The summed E-state index contributed by atoms with van der Waals surface area (Å²) in [6.07, 6.45) is -3.98. The zero-order valence-electron chi connectivity index (χ0n) is 11.0. The molecular formula is C13H16F3NO3. The van der Waals surface area contributed by atoms with Crippen LogP contribution in [0.1, 0.15) is 18.9 Å². The molecule has 0 heterocycles. The first-order valence-corrected chi connectivity index (χ1v) is 6.09. The van der Waals surface area contributed by atoms with E-state index in [0.717, 1.165) is 6.42 Å². The van der Waals surface area contributed by atoms with E-state index >= 15 is 0 Å². The lowest BCUT2D eigenvalue weighted by Gasteiger charge is -2.19. The average Bonchev–Trinajstić information content (AvgIpc) is 2.26. The van der Waals surface area contributed by atoms with E-state index in [9.17, 15) is 18.0 Å². The molecule has 0 fully saturated rings. The molecule has 0 bridgehead atoms. The number of carboxylic acids is 1. The Labute approximate surface area is 114 Å². The highest BCUT2D eigenvalue weighted by molar-refractivity contribution is 5.69. The number of nitrogens with zero attached hydrogens (tertiary/aromatic N) is 1. The van der Waals surface area contributed by atoms with Gasteiger partial charge in [0, 0.05) is 6.54 Å². The highest BCUT2D eigenvalue weighted by Gasteiger charge is 2.31. The minimum atomic E-state index is -4.73. The first-order valence-electron chi connectivity index (χ1n) is 6.09. The van der Waals surface area contributed by atoms with Gasteiger partial charge in [-0.25, -0.2) is 0 Å². The average molecular weight is 291 g/mol. The van der Waals surface area contributed by atoms with Crippen molar-refractivity contribution >= 4 is 5.97 Å². The van der Waals surface area contributed by atoms with Crippen LogP contribution in [0.4, 0.5) is 13.2 Å². The number of hydrogen-bond donors (Lipinski definition) is 1. The molecule has 4 nitrogen and oxygen atoms in total. The van der Waals surface area contributed by atoms with E-state index in [4.69, 9.17) is 5.11 Å². The van der Waals surface area contributed by atoms with Crippen LogP contribution in [0.2, 0.25) is 0 Å². The molecule has 7 heteroatoms. The number of carboxylic acid groups (broad SMARTS) is 1. The number of aliphatic carboxylic acids is 1. The van der Waals surface area contributed by atoms with E-state index < -0.39 is 12.3 Å². The monoisotopic (exact) mass is 291 g/mol. The Morgan fingerprint density at radius 2 is 2.10 bits per heavy atom. The van der Waals surface area contributed by atoms with Gasteiger partial charge >= 0.3 is 12.3 Å². The fraction of sp³-hybridized carbons (Fsp3) is 0.462. The predicted molar refractivity (Wildman–Crippen MR) is 66.3 cm³/mol. The second kappa shape index (κ2) is 7.14. The Morgan fingerprint density at radius 3 is 2.65 bits per heavy atom. The van der Waals surface area contributed by atoms with Gasteiger partial charge in [-0.05, 0) is 30.7 Å². The molecule has 0 aliphatic carbocycles. The molecule has 0 radical (unpaired) electrons. The molecule has 1 N–H and O–H groups in total. The van der Waals surface area contributed by atoms with Gasteiger partial charge in [0.05, 0.1) is 6.54 Å². The SMILES string of the molecule is CCCN(CC(=O)O)Cc1cccc(OC(F)(F)F)c1. The molecule has 0 atom stereocenters. The largest absolute Gasteiger partial charge is 0.573 e. The van der Waals surface area contributed by atoms with Gasteiger partial charge < -0.3 is 9.84 Å². The van der Waals surface area contributed by atoms with Crippen molar-refractivity contribution in [2.45, 2.75) is 26.3 Å². The van der Waals surface area contributed by atoms with Gasteiger partial charge in [-0.3, -0.25) is 9.69 Å². The van der Waals surface area contributed by atoms with Crippen molar-refractivity contribution in [1.29, 1.82) is 0 Å². The van der Waals surface area contributed by atoms with Crippen LogP contribution in [-0.4, -0.2) is 35.4 Å². The summed E-state index contributed by atoms with van der Waals surface area (Å²) in [5.41, 5.74) is 0.571. The summed E-state index contributed by atoms with van der Waals surface area (Å²) in [5, 5.41) is 8.78. The van der Waals surface area contributed by atoms with Gasteiger partial charge in [-0.2, -0.15) is 0 Å². The van der Waals surface area contributed by atoms with Crippen LogP contribution in [0.25, 0.3) is 0 Å². The molecule has 112 valence electrons. The molecule has 20 heavy (non-hydrogen) atoms. The summed E-state index contributed by atoms with van der Waals surface area (Å²) in [6.45, 7) is 2.56. The molecule has 0 saturated carbocycles. The topological polar surface area (TPSA) is 49.8 Å². The van der Waals surface area contributed by atoms with Crippen molar-refractivity contribution in [3.8, 4) is 5.75 Å². The van der Waals surface area contributed by atoms with E-state index in [0.29, 0.717) is 12.1 Å². The summed E-state index contributed by atoms with van der Waals surface area (Å²) in [4.78, 5) is 12.4. The highest BCUT2D eigenvalue weighted by Crippen LogP contribution is 2.23. The van der Waals surface area contributed by atoms with Crippen LogP contribution in [0.5, 0.6) is 5.75 Å². The van der Waals surface area contributed by atoms with Crippen LogP contribution in [-0.2, 0) is 11.3 Å². The number of alkyl halides is 3. The van der Waals surface area contributed by atoms with E-state index in [2.05, 4.69) is 4.74 Å². The summed E-state index contributed by atoms with van der Waals surface area (Å²) in [5.74, 6) is -1.28. The van der Waals surface area contributed by atoms with Crippen LogP contribution in [0.15, 0.2) is 24.3 Å². The number of halogens is 3. The Bertz CT molecular complexity index is 449. The lowest BCUT2D eigenvalue weighted by atomic mass is 10.2. The second-order valence-corrected chi connectivity index (χ2v) is 4.30. The molecule has 1 aromatic carbocycles. The Kier molecular flexibility index (Phi) is 5.82. The summed E-state index contributed by atoms with van der Waals surface area (Å²) < 4.78 is 40.2. The molecule has 0 saturated heterocycles. The molecule has 0 aromatic heterocycles. The molecule has 1 aromatic rings. The fourth-order valence-corrected chi connectivity index (χ4v) is 1.82. The van der Waals surface area contributed by atoms with E-state index in [1.807, 2.05) is 6.92 Å². The minimum Gasteiger partial charge on any atom is -0.480 e. The molecule has 0 aliphatic heterocycles. The highest BCUT2D eigenvalue weighted by atomic mass is 19.4. The van der Waals surface area contributed by atoms with Gasteiger partial charge in [0.2, 0.25) is 0 Å². The van der Waals surface area contributed by atoms with Crippen LogP contribution < -0.4 is 4.74 Å². The third-order valence-corrected chi connectivity index (χ3v) is 2.44. The maximum atomic E-state index is 12.1. The lowest BCUT2D eigenvalue weighted by molar-refractivity contribution is -0.274. The van der Waals surface area contributed by atoms with Crippen molar-refractivity contribution < 1.29 is 27.8 Å². The number of benzene rings is 1. The summed E-state index contributed by atoms with van der Waals surface area (Å²) in [6, 6.07) is 5.55. The van der Waals surface area contributed by atoms with E-state index in [1.54, 1.807) is 11.0 Å². The standard InChI is InChI=1S/C13H16F3NO3/c1-2-6-17(9-12(18)19)8-10-4-3-5-11(7-10)20-13(14,15)16/h3-5,7H,2,6,8-9H2,1H3,(H,18,19). The lowest BCUT2D eigenvalue weighted by Crippen LogP contribution is -2.30. The maximum Gasteiger partial charge on any atom is 0.573 e. The molecule has 0 unspecified atom stereocenters. The number of carbonyl (C=O) groups is 1. The number of hydrogen-bond acceptors (Lipinski definition) is 3. The Morgan fingerprint density at radius 1 is 1.40 bits per heavy atom. The molecule has 0 spiro atoms. The van der Waals surface area contributed by atoms with Crippen molar-refractivity contribution in [2.75, 3.05) is 13.1 Å². The Hall–Kier alpha value is -1.76. The minimum absolute atomic E-state index is 0.155. The number of ether oxygens (including phenoxy) is 1. The normalized spacial score (nSPS) is 11.7. The fourth-order valence-electron chi connectivity index (χ4n) is 1.82. The van der Waals surface area contributed by atoms with Crippen LogP contribution in [0, 0.1) is 0 Å². The summed E-state index contributed by atoms with van der Waals surface area (Å²) >= 11 is 0. The zero-order valence-corrected chi connectivity index (χ0v) is 11.0. The van der Waals surface area contributed by atoms with Crippen molar-refractivity contribution in [1.82, 2.24) is 4.90 Å². The van der Waals surface area contributed by atoms with Crippen molar-refractivity contribution in [3.63, 3.8) is 0 Å². The quantitative estimate of drug-likeness (QED) is 0.839. The third kappa shape index (κ3) is 6.42. The van der Waals surface area contributed by atoms with Crippen LogP contribution >= 0.6 is 0 Å². The molecule has 1 rings (SSSR count). The first-order chi connectivity index (χ1) is 9.30. The number of rotatable bonds is 7. The zero-order chi connectivity index (χ0) is 15.2. The summed E-state index contributed by atoms with van der Waals surface area (Å²) in [7, 11) is 0. The first kappa shape index (κ1) is 16.3. The smallest absolute Gasteiger partial charge is 0.480 e. The molecule has 0 aliphatic rings. The van der Waals surface area contributed by atoms with Crippen molar-refractivity contribution in [2.24, 2.45) is 0 Å². The van der Waals surface area contributed by atoms with Gasteiger partial charge in [0.15, 0.2) is 0 Å². The van der Waals surface area contributed by atoms with Crippen LogP contribution in [0.3, 0.4) is 0 Å². The molecule has 0 amide bonds. The second-order valence-electron chi connectivity index (χ2n) is 4.30. The Balaban J connectivity index is 2.74. The van der Waals surface area contributed by atoms with Gasteiger partial charge in [-0.1, -0.05) is 19.1 Å². The van der Waals surface area contributed by atoms with Gasteiger partial charge in [0.25, 0.3) is 0 Å². The predicted octanol–water partition coefficient (Wildman–Crippen LogP) is 2.88. The molecular weight excluding hydrogens is 275 g/mol. The van der Waals surface area contributed by atoms with E-state index in [1.165, 1.54) is 18.2 Å².